The Hall–Kier alpha value is -1.08. The van der Waals surface area contributed by atoms with Gasteiger partial charge in [0.05, 0.1) is 0 Å². The smallest absolute Gasteiger partial charge is 0.0132 e. The van der Waals surface area contributed by atoms with Gasteiger partial charge in [-0.1, -0.05) is 64.5 Å². The van der Waals surface area contributed by atoms with Gasteiger partial charge in [0.25, 0.3) is 0 Å². The molecule has 0 amide bonds. The molecule has 0 saturated heterocycles. The van der Waals surface area contributed by atoms with E-state index in [4.69, 9.17) is 0 Å². The molecule has 2 aromatic rings. The molecular formula is C17H15Br. The molecule has 0 radical (unpaired) electrons. The molecular weight excluding hydrogens is 284 g/mol. The van der Waals surface area contributed by atoms with Crippen LogP contribution in [0.2, 0.25) is 0 Å². The number of hydrogen-bond donors (Lipinski definition) is 0. The SMILES string of the molecule is BrCC1CC2c3ccccc3C1c1ccccc12. The van der Waals surface area contributed by atoms with Crippen molar-refractivity contribution in [2.45, 2.75) is 18.3 Å². The number of halogens is 1. The molecule has 5 rings (SSSR count). The molecule has 0 aromatic heterocycles. The first-order valence-corrected chi connectivity index (χ1v) is 7.76. The Morgan fingerprint density at radius 3 is 1.83 bits per heavy atom. The molecule has 90 valence electrons. The summed E-state index contributed by atoms with van der Waals surface area (Å²) in [4.78, 5) is 0. The van der Waals surface area contributed by atoms with Crippen molar-refractivity contribution in [2.75, 3.05) is 5.33 Å². The molecule has 0 heterocycles. The Bertz CT molecular complexity index is 555. The van der Waals surface area contributed by atoms with Crippen LogP contribution in [0.4, 0.5) is 0 Å². The fraction of sp³-hybridized carbons (Fsp3) is 0.294. The van der Waals surface area contributed by atoms with Crippen LogP contribution in [0, 0.1) is 5.92 Å². The molecule has 0 N–H and O–H groups in total. The molecule has 0 nitrogen and oxygen atoms in total. The van der Waals surface area contributed by atoms with E-state index in [9.17, 15) is 0 Å². The van der Waals surface area contributed by atoms with Gasteiger partial charge < -0.3 is 0 Å². The zero-order chi connectivity index (χ0) is 12.1. The molecule has 0 spiro atoms. The van der Waals surface area contributed by atoms with Crippen molar-refractivity contribution in [3.63, 3.8) is 0 Å². The molecule has 0 aliphatic heterocycles. The van der Waals surface area contributed by atoms with Crippen molar-refractivity contribution in [1.82, 2.24) is 0 Å². The standard InChI is InChI=1S/C17H15Br/c18-10-11-9-16-12-5-1-3-7-14(12)17(11)15-8-4-2-6-13(15)16/h1-8,11,16-17H,9-10H2. The van der Waals surface area contributed by atoms with Gasteiger partial charge in [-0.2, -0.15) is 0 Å². The maximum Gasteiger partial charge on any atom is 0.0132 e. The molecule has 18 heavy (non-hydrogen) atoms. The van der Waals surface area contributed by atoms with E-state index in [-0.39, 0.29) is 0 Å². The van der Waals surface area contributed by atoms with Crippen LogP contribution < -0.4 is 0 Å². The van der Waals surface area contributed by atoms with Crippen LogP contribution in [-0.4, -0.2) is 5.33 Å². The van der Waals surface area contributed by atoms with E-state index in [0.29, 0.717) is 11.8 Å². The van der Waals surface area contributed by atoms with E-state index in [0.717, 1.165) is 11.2 Å². The summed E-state index contributed by atoms with van der Waals surface area (Å²) in [6, 6.07) is 18.1. The summed E-state index contributed by atoms with van der Waals surface area (Å²) < 4.78 is 0. The van der Waals surface area contributed by atoms with Crippen LogP contribution in [0.15, 0.2) is 48.5 Å². The predicted octanol–water partition coefficient (Wildman–Crippen LogP) is 4.68. The third kappa shape index (κ3) is 1.31. The zero-order valence-electron chi connectivity index (χ0n) is 10.1. The number of rotatable bonds is 1. The monoisotopic (exact) mass is 298 g/mol. The van der Waals surface area contributed by atoms with Crippen molar-refractivity contribution in [1.29, 1.82) is 0 Å². The van der Waals surface area contributed by atoms with Crippen LogP contribution >= 0.6 is 15.9 Å². The summed E-state index contributed by atoms with van der Waals surface area (Å²) in [5, 5.41) is 1.11. The normalized spacial score (nSPS) is 27.7. The highest BCUT2D eigenvalue weighted by Gasteiger charge is 2.42. The average Bonchev–Trinajstić information content (AvgIpc) is 2.47. The van der Waals surface area contributed by atoms with E-state index < -0.39 is 0 Å². The minimum atomic E-state index is 0.599. The van der Waals surface area contributed by atoms with Crippen molar-refractivity contribution in [3.05, 3.63) is 70.8 Å². The Morgan fingerprint density at radius 1 is 0.833 bits per heavy atom. The maximum atomic E-state index is 3.72. The number of alkyl halides is 1. The van der Waals surface area contributed by atoms with Crippen molar-refractivity contribution < 1.29 is 0 Å². The van der Waals surface area contributed by atoms with Crippen molar-refractivity contribution in [2.24, 2.45) is 5.92 Å². The largest absolute Gasteiger partial charge is 0.0925 e. The van der Waals surface area contributed by atoms with Gasteiger partial charge in [-0.3, -0.25) is 0 Å². The van der Waals surface area contributed by atoms with Crippen molar-refractivity contribution in [3.8, 4) is 0 Å². The van der Waals surface area contributed by atoms with Crippen LogP contribution in [-0.2, 0) is 0 Å². The summed E-state index contributed by atoms with van der Waals surface area (Å²) >= 11 is 3.72. The van der Waals surface area contributed by atoms with Crippen LogP contribution in [0.1, 0.15) is 40.5 Å². The lowest BCUT2D eigenvalue weighted by atomic mass is 9.60. The number of benzene rings is 2. The molecule has 0 saturated carbocycles. The van der Waals surface area contributed by atoms with E-state index in [1.165, 1.54) is 6.42 Å². The predicted molar refractivity (Wildman–Crippen MR) is 78.5 cm³/mol. The van der Waals surface area contributed by atoms with Gasteiger partial charge >= 0.3 is 0 Å². The third-order valence-corrected chi connectivity index (χ3v) is 5.45. The van der Waals surface area contributed by atoms with Crippen LogP contribution in [0.25, 0.3) is 0 Å². The average molecular weight is 299 g/mol. The van der Waals surface area contributed by atoms with Gasteiger partial charge in [-0.25, -0.2) is 0 Å². The van der Waals surface area contributed by atoms with Gasteiger partial charge in [-0.15, -0.1) is 0 Å². The molecule has 3 aliphatic rings. The third-order valence-electron chi connectivity index (χ3n) is 4.62. The van der Waals surface area contributed by atoms with Crippen LogP contribution in [0.3, 0.4) is 0 Å². The van der Waals surface area contributed by atoms with Gasteiger partial charge in [-0.05, 0) is 34.6 Å². The number of fused-ring (bicyclic) bond motifs is 1. The molecule has 2 bridgehead atoms. The van der Waals surface area contributed by atoms with Crippen molar-refractivity contribution >= 4 is 15.9 Å². The molecule has 1 unspecified atom stereocenters. The molecule has 0 fully saturated rings. The van der Waals surface area contributed by atoms with E-state index in [2.05, 4.69) is 64.5 Å². The topological polar surface area (TPSA) is 0 Å². The maximum absolute atomic E-state index is 3.72. The van der Waals surface area contributed by atoms with Crippen LogP contribution in [0.5, 0.6) is 0 Å². The second kappa shape index (κ2) is 3.96. The fourth-order valence-corrected chi connectivity index (χ4v) is 4.55. The summed E-state index contributed by atoms with van der Waals surface area (Å²) in [6.07, 6.45) is 1.30. The molecule has 3 aliphatic carbocycles. The highest BCUT2D eigenvalue weighted by molar-refractivity contribution is 9.09. The minimum absolute atomic E-state index is 0.599. The first-order chi connectivity index (χ1) is 8.90. The van der Waals surface area contributed by atoms with Gasteiger partial charge in [0.2, 0.25) is 0 Å². The first-order valence-electron chi connectivity index (χ1n) is 6.63. The van der Waals surface area contributed by atoms with Gasteiger partial charge in [0, 0.05) is 17.2 Å². The lowest BCUT2D eigenvalue weighted by Crippen LogP contribution is -2.32. The second-order valence-corrected chi connectivity index (χ2v) is 6.09. The summed E-state index contributed by atoms with van der Waals surface area (Å²) in [7, 11) is 0. The number of hydrogen-bond acceptors (Lipinski definition) is 0. The summed E-state index contributed by atoms with van der Waals surface area (Å²) in [5.74, 6) is 1.96. The van der Waals surface area contributed by atoms with Gasteiger partial charge in [0.15, 0.2) is 0 Å². The first kappa shape index (κ1) is 10.8. The molecule has 2 aromatic carbocycles. The highest BCUT2D eigenvalue weighted by atomic mass is 79.9. The van der Waals surface area contributed by atoms with E-state index >= 15 is 0 Å². The summed E-state index contributed by atoms with van der Waals surface area (Å²) in [5.41, 5.74) is 6.27. The molecule has 1 atom stereocenters. The van der Waals surface area contributed by atoms with Gasteiger partial charge in [0.1, 0.15) is 0 Å². The lowest BCUT2D eigenvalue weighted by Gasteiger charge is -2.45. The zero-order valence-corrected chi connectivity index (χ0v) is 11.7. The minimum Gasteiger partial charge on any atom is -0.0925 e. The quantitative estimate of drug-likeness (QED) is 0.671. The fourth-order valence-electron chi connectivity index (χ4n) is 3.91. The van der Waals surface area contributed by atoms with E-state index in [1.54, 1.807) is 22.3 Å². The second-order valence-electron chi connectivity index (χ2n) is 5.44. The summed E-state index contributed by atoms with van der Waals surface area (Å²) in [6.45, 7) is 0. The lowest BCUT2D eigenvalue weighted by molar-refractivity contribution is 0.393. The Morgan fingerprint density at radius 2 is 1.33 bits per heavy atom. The Labute approximate surface area is 116 Å². The Kier molecular flexibility index (Phi) is 2.38. The Balaban J connectivity index is 2.00. The van der Waals surface area contributed by atoms with E-state index in [1.807, 2.05) is 0 Å². The highest BCUT2D eigenvalue weighted by Crippen LogP contribution is 2.55. The molecule has 1 heteroatoms.